The molecule has 1 fully saturated rings. The first-order chi connectivity index (χ1) is 11.2. The van der Waals surface area contributed by atoms with Crippen molar-refractivity contribution in [2.75, 3.05) is 0 Å². The topological polar surface area (TPSA) is 53.2 Å². The molecule has 1 unspecified atom stereocenters. The van der Waals surface area contributed by atoms with E-state index in [-0.39, 0.29) is 11.3 Å². The van der Waals surface area contributed by atoms with Crippen molar-refractivity contribution in [1.82, 2.24) is 0 Å². The second-order valence-electron chi connectivity index (χ2n) is 5.01. The number of allylic oxidation sites excluding steroid dienone is 1. The molecule has 0 spiro atoms. The van der Waals surface area contributed by atoms with Crippen molar-refractivity contribution < 1.29 is 31.8 Å². The summed E-state index contributed by atoms with van der Waals surface area (Å²) in [4.78, 5) is 0. The van der Waals surface area contributed by atoms with Gasteiger partial charge in [-0.2, -0.15) is 27.2 Å². The average molecular weight is 339 g/mol. The van der Waals surface area contributed by atoms with E-state index >= 15 is 0 Å². The van der Waals surface area contributed by atoms with Gasteiger partial charge in [0.15, 0.2) is 5.76 Å². The van der Waals surface area contributed by atoms with E-state index in [0.717, 1.165) is 0 Å². The zero-order chi connectivity index (χ0) is 17.7. The molecule has 2 aliphatic carbocycles. The monoisotopic (exact) mass is 339 g/mol. The number of alkyl halides is 5. The normalized spacial score (nSPS) is 21.3. The van der Waals surface area contributed by atoms with Crippen molar-refractivity contribution in [2.24, 2.45) is 0 Å². The Morgan fingerprint density at radius 3 is 2.58 bits per heavy atom. The molecule has 1 aromatic carbocycles. The van der Waals surface area contributed by atoms with Crippen molar-refractivity contribution in [2.45, 2.75) is 18.2 Å². The summed E-state index contributed by atoms with van der Waals surface area (Å²) in [6.07, 6.45) is -7.64. The molecule has 2 aliphatic rings. The summed E-state index contributed by atoms with van der Waals surface area (Å²) in [6, 6.07) is 7.05. The maximum atomic E-state index is 13.4. The van der Waals surface area contributed by atoms with E-state index in [1.165, 1.54) is 24.3 Å². The largest absolute Gasteiger partial charge is 0.448 e. The second kappa shape index (κ2) is 5.08. The summed E-state index contributed by atoms with van der Waals surface area (Å²) in [6.45, 7) is 0. The van der Waals surface area contributed by atoms with Crippen LogP contribution in [0.25, 0.3) is 0 Å². The van der Waals surface area contributed by atoms with Gasteiger partial charge in [-0.1, -0.05) is 11.8 Å². The minimum atomic E-state index is -5.05. The lowest BCUT2D eigenvalue weighted by Crippen LogP contribution is -2.51. The lowest BCUT2D eigenvalue weighted by molar-refractivity contribution is -0.112. The number of fused-ring (bicyclic) bond motifs is 1. The highest BCUT2D eigenvalue weighted by molar-refractivity contribution is 5.61. The molecule has 0 saturated heterocycles. The lowest BCUT2D eigenvalue weighted by Gasteiger charge is -2.39. The van der Waals surface area contributed by atoms with Gasteiger partial charge in [-0.05, 0) is 23.9 Å². The number of benzene rings is 1. The van der Waals surface area contributed by atoms with Gasteiger partial charge in [-0.25, -0.2) is 0 Å². The van der Waals surface area contributed by atoms with Gasteiger partial charge in [-0.3, -0.25) is 0 Å². The van der Waals surface area contributed by atoms with Crippen LogP contribution in [0.5, 0.6) is 5.75 Å². The van der Waals surface area contributed by atoms with E-state index in [1.54, 1.807) is 6.07 Å². The van der Waals surface area contributed by atoms with Gasteiger partial charge in [0.25, 0.3) is 0 Å². The Labute approximate surface area is 131 Å². The van der Waals surface area contributed by atoms with Gasteiger partial charge >= 0.3 is 12.1 Å². The first-order valence-electron chi connectivity index (χ1n) is 6.48. The van der Waals surface area contributed by atoms with Crippen LogP contribution < -0.4 is 4.74 Å². The molecule has 24 heavy (non-hydrogen) atoms. The molecule has 1 N–H and O–H groups in total. The molecule has 1 saturated carbocycles. The van der Waals surface area contributed by atoms with Crippen LogP contribution in [0.15, 0.2) is 58.2 Å². The molecule has 8 heteroatoms. The van der Waals surface area contributed by atoms with Crippen LogP contribution in [-0.4, -0.2) is 23.3 Å². The molecule has 0 heterocycles. The summed E-state index contributed by atoms with van der Waals surface area (Å²) in [5, 5.41) is 18.1. The molecular weight excluding hydrogens is 333 g/mol. The van der Waals surface area contributed by atoms with E-state index < -0.39 is 40.7 Å². The smallest absolute Gasteiger partial charge is 0.421 e. The number of hydrogen-bond donors (Lipinski definition) is 1. The first kappa shape index (κ1) is 16.0. The fraction of sp³-hybridized carbons (Fsp3) is 0.188. The van der Waals surface area contributed by atoms with Crippen LogP contribution in [-0.2, 0) is 0 Å². The van der Waals surface area contributed by atoms with Gasteiger partial charge in [-0.15, -0.1) is 0 Å². The zero-order valence-corrected chi connectivity index (χ0v) is 11.6. The Balaban J connectivity index is 2.11. The highest BCUT2D eigenvalue weighted by Gasteiger charge is 2.62. The van der Waals surface area contributed by atoms with Gasteiger partial charge < -0.3 is 9.84 Å². The van der Waals surface area contributed by atoms with Crippen molar-refractivity contribution in [3.63, 3.8) is 0 Å². The maximum absolute atomic E-state index is 13.4. The minimum absolute atomic E-state index is 0.107. The summed E-state index contributed by atoms with van der Waals surface area (Å²) >= 11 is 0. The molecule has 0 aliphatic heterocycles. The van der Waals surface area contributed by atoms with E-state index in [4.69, 9.17) is 10.00 Å². The predicted octanol–water partition coefficient (Wildman–Crippen LogP) is 3.38. The quantitative estimate of drug-likeness (QED) is 0.664. The number of nitriles is 1. The highest BCUT2D eigenvalue weighted by Crippen LogP contribution is 2.53. The Hall–Kier alpha value is -2.84. The molecule has 1 atom stereocenters. The van der Waals surface area contributed by atoms with E-state index in [0.29, 0.717) is 0 Å². The lowest BCUT2D eigenvalue weighted by atomic mass is 9.74. The fourth-order valence-corrected chi connectivity index (χ4v) is 2.38. The number of nitrogens with zero attached hydrogens (tertiary/aromatic N) is 1. The molecule has 122 valence electrons. The third-order valence-electron chi connectivity index (χ3n) is 3.48. The van der Waals surface area contributed by atoms with Crippen LogP contribution in [0.4, 0.5) is 22.0 Å². The molecule has 0 bridgehead atoms. The molecule has 1 aromatic rings. The van der Waals surface area contributed by atoms with E-state index in [2.05, 4.69) is 0 Å². The minimum Gasteiger partial charge on any atom is -0.448 e. The standard InChI is InChI=1S/C16H6F5NO2/c17-15(18)10-4-5-11(13(16(19,20)21)12(10)14(15)23)24-9-3-1-2-8(6-9)7-22/h1-3,6,14,23H. The van der Waals surface area contributed by atoms with Gasteiger partial charge in [0.05, 0.1) is 17.2 Å². The number of aliphatic hydroxyl groups is 1. The Morgan fingerprint density at radius 2 is 1.96 bits per heavy atom. The SMILES string of the molecule is N#Cc1cccc(OC2=C=C=C3C(=C2C(F)(F)F)C(O)C3(F)F)c1. The second-order valence-corrected chi connectivity index (χ2v) is 5.01. The number of aliphatic hydroxyl groups excluding tert-OH is 1. The van der Waals surface area contributed by atoms with Crippen LogP contribution in [0.3, 0.4) is 0 Å². The number of ether oxygens (including phenoxy) is 1. The number of rotatable bonds is 2. The van der Waals surface area contributed by atoms with Gasteiger partial charge in [0, 0.05) is 5.57 Å². The van der Waals surface area contributed by atoms with Crippen LogP contribution in [0.2, 0.25) is 0 Å². The van der Waals surface area contributed by atoms with Crippen molar-refractivity contribution in [3.8, 4) is 11.8 Å². The third kappa shape index (κ3) is 2.32. The van der Waals surface area contributed by atoms with Crippen LogP contribution >= 0.6 is 0 Å². The van der Waals surface area contributed by atoms with Gasteiger partial charge in [0.2, 0.25) is 0 Å². The molecule has 0 radical (unpaired) electrons. The molecule has 3 rings (SSSR count). The average Bonchev–Trinajstić information content (AvgIpc) is 2.53. The summed E-state index contributed by atoms with van der Waals surface area (Å²) in [5.41, 5.74) is 0.416. The maximum Gasteiger partial charge on any atom is 0.421 e. The molecule has 3 nitrogen and oxygen atoms in total. The number of halogens is 5. The van der Waals surface area contributed by atoms with Crippen molar-refractivity contribution >= 4 is 0 Å². The summed E-state index contributed by atoms with van der Waals surface area (Å²) < 4.78 is 71.7. The Morgan fingerprint density at radius 1 is 1.25 bits per heavy atom. The van der Waals surface area contributed by atoms with Crippen molar-refractivity contribution in [1.29, 1.82) is 5.26 Å². The molecule has 0 amide bonds. The molecule has 0 aromatic heterocycles. The van der Waals surface area contributed by atoms with E-state index in [9.17, 15) is 27.1 Å². The van der Waals surface area contributed by atoms with Crippen LogP contribution in [0, 0.1) is 11.3 Å². The highest BCUT2D eigenvalue weighted by atomic mass is 19.4. The third-order valence-corrected chi connectivity index (χ3v) is 3.48. The Kier molecular flexibility index (Phi) is 3.40. The Bertz CT molecular complexity index is 907. The summed E-state index contributed by atoms with van der Waals surface area (Å²) in [5.74, 6) is -4.82. The molecular formula is C16H6F5NO2. The summed E-state index contributed by atoms with van der Waals surface area (Å²) in [7, 11) is 0. The van der Waals surface area contributed by atoms with Gasteiger partial charge in [0.1, 0.15) is 17.4 Å². The predicted molar refractivity (Wildman–Crippen MR) is 69.9 cm³/mol. The van der Waals surface area contributed by atoms with Crippen LogP contribution in [0.1, 0.15) is 5.56 Å². The zero-order valence-electron chi connectivity index (χ0n) is 11.6. The van der Waals surface area contributed by atoms with Crippen molar-refractivity contribution in [3.05, 3.63) is 63.8 Å². The number of hydrogen-bond acceptors (Lipinski definition) is 3. The first-order valence-corrected chi connectivity index (χ1v) is 6.48. The van der Waals surface area contributed by atoms with E-state index in [1.807, 2.05) is 11.5 Å². The fourth-order valence-electron chi connectivity index (χ4n) is 2.38.